The minimum absolute atomic E-state index is 0.252. The monoisotopic (exact) mass is 343 g/mol. The number of nitrogens with zero attached hydrogens (tertiary/aromatic N) is 4. The minimum atomic E-state index is -0.320. The molecule has 8 heteroatoms. The lowest BCUT2D eigenvalue weighted by Gasteiger charge is -2.07. The number of aromatic nitrogens is 4. The number of aryl methyl sites for hydroxylation is 1. The third-order valence-electron chi connectivity index (χ3n) is 3.36. The molecule has 0 aromatic carbocycles. The molecule has 7 nitrogen and oxygen atoms in total. The lowest BCUT2D eigenvalue weighted by molar-refractivity contribution is 0.102. The van der Waals surface area contributed by atoms with E-state index in [1.165, 1.54) is 4.88 Å². The van der Waals surface area contributed by atoms with E-state index in [0.717, 1.165) is 11.3 Å². The maximum absolute atomic E-state index is 12.4. The first-order chi connectivity index (χ1) is 11.7. The van der Waals surface area contributed by atoms with Gasteiger partial charge in [-0.1, -0.05) is 5.21 Å². The van der Waals surface area contributed by atoms with Gasteiger partial charge in [-0.2, -0.15) is 0 Å². The van der Waals surface area contributed by atoms with Gasteiger partial charge in [0, 0.05) is 29.1 Å². The van der Waals surface area contributed by atoms with Crippen molar-refractivity contribution >= 4 is 22.9 Å². The van der Waals surface area contributed by atoms with Crippen molar-refractivity contribution < 1.29 is 9.53 Å². The third kappa shape index (κ3) is 3.66. The molecule has 124 valence electrons. The standard InChI is InChI=1S/C16H17N5O2S/c1-11-8-12(10-24-11)15-13(4-3-5-17-15)18-16(22)14-9-21(20-19-14)6-7-23-2/h3-5,8-10H,6-7H2,1-2H3,(H,18,22). The fourth-order valence-corrected chi connectivity index (χ4v) is 2.87. The average Bonchev–Trinajstić information content (AvgIpc) is 3.22. The number of thiophene rings is 1. The van der Waals surface area contributed by atoms with Crippen LogP contribution in [-0.2, 0) is 11.3 Å². The zero-order valence-corrected chi connectivity index (χ0v) is 14.2. The summed E-state index contributed by atoms with van der Waals surface area (Å²) < 4.78 is 6.56. The van der Waals surface area contributed by atoms with E-state index in [1.54, 1.807) is 41.6 Å². The fourth-order valence-electron chi connectivity index (χ4n) is 2.19. The number of pyridine rings is 1. The molecule has 3 rings (SSSR count). The number of ether oxygens (including phenoxy) is 1. The van der Waals surface area contributed by atoms with Gasteiger partial charge in [0.25, 0.3) is 5.91 Å². The van der Waals surface area contributed by atoms with Gasteiger partial charge >= 0.3 is 0 Å². The Labute approximate surface area is 143 Å². The number of rotatable bonds is 6. The van der Waals surface area contributed by atoms with Crippen molar-refractivity contribution in [3.05, 3.63) is 46.5 Å². The van der Waals surface area contributed by atoms with Crippen LogP contribution in [0, 0.1) is 6.92 Å². The summed E-state index contributed by atoms with van der Waals surface area (Å²) in [5.41, 5.74) is 2.62. The van der Waals surface area contributed by atoms with E-state index < -0.39 is 0 Å². The highest BCUT2D eigenvalue weighted by Gasteiger charge is 2.15. The molecular formula is C16H17N5O2S. The van der Waals surface area contributed by atoms with Crippen LogP contribution in [0.25, 0.3) is 11.3 Å². The van der Waals surface area contributed by atoms with Crippen molar-refractivity contribution in [3.8, 4) is 11.3 Å². The highest BCUT2D eigenvalue weighted by atomic mass is 32.1. The van der Waals surface area contributed by atoms with E-state index in [4.69, 9.17) is 4.74 Å². The number of anilines is 1. The molecule has 0 fully saturated rings. The number of methoxy groups -OCH3 is 1. The Hall–Kier alpha value is -2.58. The van der Waals surface area contributed by atoms with Crippen molar-refractivity contribution in [1.82, 2.24) is 20.0 Å². The number of amides is 1. The summed E-state index contributed by atoms with van der Waals surface area (Å²) in [5, 5.41) is 12.7. The Bertz CT molecular complexity index is 842. The molecule has 0 spiro atoms. The van der Waals surface area contributed by atoms with Gasteiger partial charge in [-0.05, 0) is 25.1 Å². The lowest BCUT2D eigenvalue weighted by atomic mass is 10.1. The summed E-state index contributed by atoms with van der Waals surface area (Å²) in [6, 6.07) is 5.65. The van der Waals surface area contributed by atoms with Crippen LogP contribution in [-0.4, -0.2) is 39.6 Å². The van der Waals surface area contributed by atoms with Crippen molar-refractivity contribution in [3.63, 3.8) is 0 Å². The molecule has 3 heterocycles. The first kappa shape index (κ1) is 16.3. The van der Waals surface area contributed by atoms with Crippen LogP contribution < -0.4 is 5.32 Å². The zero-order chi connectivity index (χ0) is 16.9. The summed E-state index contributed by atoms with van der Waals surface area (Å²) in [6.07, 6.45) is 3.30. The third-order valence-corrected chi connectivity index (χ3v) is 4.22. The summed E-state index contributed by atoms with van der Waals surface area (Å²) in [5.74, 6) is -0.320. The van der Waals surface area contributed by atoms with Gasteiger partial charge in [0.2, 0.25) is 0 Å². The zero-order valence-electron chi connectivity index (χ0n) is 13.4. The SMILES string of the molecule is COCCn1cc(C(=O)Nc2cccnc2-c2csc(C)c2)nn1. The predicted molar refractivity (Wildman–Crippen MR) is 92.1 cm³/mol. The molecule has 0 saturated carbocycles. The summed E-state index contributed by atoms with van der Waals surface area (Å²) in [4.78, 5) is 18.0. The van der Waals surface area contributed by atoms with Crippen LogP contribution >= 0.6 is 11.3 Å². The van der Waals surface area contributed by atoms with Gasteiger partial charge in [0.1, 0.15) is 0 Å². The maximum atomic E-state index is 12.4. The number of carbonyl (C=O) groups is 1. The van der Waals surface area contributed by atoms with Gasteiger partial charge in [-0.3, -0.25) is 9.78 Å². The normalized spacial score (nSPS) is 10.8. The van der Waals surface area contributed by atoms with E-state index in [2.05, 4.69) is 20.6 Å². The molecule has 1 amide bonds. The Morgan fingerprint density at radius 2 is 2.33 bits per heavy atom. The lowest BCUT2D eigenvalue weighted by Crippen LogP contribution is -2.13. The van der Waals surface area contributed by atoms with Crippen molar-refractivity contribution in [1.29, 1.82) is 0 Å². The van der Waals surface area contributed by atoms with Crippen LogP contribution in [0.4, 0.5) is 5.69 Å². The van der Waals surface area contributed by atoms with E-state index in [-0.39, 0.29) is 11.6 Å². The van der Waals surface area contributed by atoms with E-state index >= 15 is 0 Å². The predicted octanol–water partition coefficient (Wildman–Crippen LogP) is 2.61. The van der Waals surface area contributed by atoms with Crippen molar-refractivity contribution in [2.45, 2.75) is 13.5 Å². The summed E-state index contributed by atoms with van der Waals surface area (Å²) >= 11 is 1.64. The van der Waals surface area contributed by atoms with Gasteiger partial charge in [-0.25, -0.2) is 4.68 Å². The first-order valence-corrected chi connectivity index (χ1v) is 8.26. The van der Waals surface area contributed by atoms with Gasteiger partial charge in [0.05, 0.1) is 30.7 Å². The van der Waals surface area contributed by atoms with Crippen LogP contribution in [0.2, 0.25) is 0 Å². The average molecular weight is 343 g/mol. The number of nitrogens with one attached hydrogen (secondary N) is 1. The quantitative estimate of drug-likeness (QED) is 0.744. The summed E-state index contributed by atoms with van der Waals surface area (Å²) in [6.45, 7) is 3.09. The molecule has 0 aliphatic rings. The highest BCUT2D eigenvalue weighted by Crippen LogP contribution is 2.29. The van der Waals surface area contributed by atoms with Crippen LogP contribution in [0.15, 0.2) is 36.0 Å². The fraction of sp³-hybridized carbons (Fsp3) is 0.250. The van der Waals surface area contributed by atoms with Crippen LogP contribution in [0.5, 0.6) is 0 Å². The van der Waals surface area contributed by atoms with Crippen molar-refractivity contribution in [2.24, 2.45) is 0 Å². The van der Waals surface area contributed by atoms with E-state index in [1.807, 2.05) is 24.4 Å². The second-order valence-corrected chi connectivity index (χ2v) is 6.27. The largest absolute Gasteiger partial charge is 0.383 e. The Morgan fingerprint density at radius 3 is 3.08 bits per heavy atom. The second-order valence-electron chi connectivity index (χ2n) is 5.16. The molecule has 0 atom stereocenters. The molecule has 1 N–H and O–H groups in total. The molecule has 3 aromatic heterocycles. The number of hydrogen-bond acceptors (Lipinski definition) is 6. The molecule has 0 saturated heterocycles. The molecule has 0 radical (unpaired) electrons. The Kier molecular flexibility index (Phi) is 4.97. The molecular weight excluding hydrogens is 326 g/mol. The molecule has 24 heavy (non-hydrogen) atoms. The smallest absolute Gasteiger partial charge is 0.277 e. The topological polar surface area (TPSA) is 81.9 Å². The maximum Gasteiger partial charge on any atom is 0.277 e. The van der Waals surface area contributed by atoms with Crippen LogP contribution in [0.1, 0.15) is 15.4 Å². The molecule has 0 unspecified atom stereocenters. The molecule has 3 aromatic rings. The molecule has 0 aliphatic heterocycles. The first-order valence-electron chi connectivity index (χ1n) is 7.38. The number of carbonyl (C=O) groups excluding carboxylic acids is 1. The van der Waals surface area contributed by atoms with Gasteiger partial charge in [0.15, 0.2) is 5.69 Å². The summed E-state index contributed by atoms with van der Waals surface area (Å²) in [7, 11) is 1.61. The number of hydrogen-bond donors (Lipinski definition) is 1. The Balaban J connectivity index is 1.78. The Morgan fingerprint density at radius 1 is 1.46 bits per heavy atom. The molecule has 0 bridgehead atoms. The van der Waals surface area contributed by atoms with E-state index in [0.29, 0.717) is 18.8 Å². The van der Waals surface area contributed by atoms with Gasteiger partial charge in [-0.15, -0.1) is 16.4 Å². The minimum Gasteiger partial charge on any atom is -0.383 e. The second kappa shape index (κ2) is 7.33. The van der Waals surface area contributed by atoms with Crippen LogP contribution in [0.3, 0.4) is 0 Å². The van der Waals surface area contributed by atoms with E-state index in [9.17, 15) is 4.79 Å². The van der Waals surface area contributed by atoms with Gasteiger partial charge < -0.3 is 10.1 Å². The molecule has 0 aliphatic carbocycles. The highest BCUT2D eigenvalue weighted by molar-refractivity contribution is 7.10. The van der Waals surface area contributed by atoms with Crippen molar-refractivity contribution in [2.75, 3.05) is 19.0 Å².